The fourth-order valence-corrected chi connectivity index (χ4v) is 3.61. The van der Waals surface area contributed by atoms with Crippen LogP contribution in [0.15, 0.2) is 12.1 Å². The van der Waals surface area contributed by atoms with Crippen LogP contribution in [-0.2, 0) is 4.79 Å². The Labute approximate surface area is 152 Å². The summed E-state index contributed by atoms with van der Waals surface area (Å²) in [5.41, 5.74) is 1.31. The number of nitrogens with zero attached hydrogens (tertiary/aromatic N) is 3. The molecule has 2 fully saturated rings. The third-order valence-electron chi connectivity index (χ3n) is 4.74. The molecule has 2 atom stereocenters. The summed E-state index contributed by atoms with van der Waals surface area (Å²) in [7, 11) is 0. The molecule has 10 heteroatoms. The van der Waals surface area contributed by atoms with Crippen molar-refractivity contribution in [3.8, 4) is 6.07 Å². The van der Waals surface area contributed by atoms with E-state index in [1.165, 1.54) is 15.9 Å². The van der Waals surface area contributed by atoms with E-state index in [0.29, 0.717) is 11.3 Å². The molecule has 3 rings (SSSR count). The summed E-state index contributed by atoms with van der Waals surface area (Å²) in [6.45, 7) is 2.05. The highest BCUT2D eigenvalue weighted by Crippen LogP contribution is 2.35. The smallest absolute Gasteiger partial charge is 0.343 e. The van der Waals surface area contributed by atoms with Crippen LogP contribution in [0.2, 0.25) is 5.02 Å². The first-order chi connectivity index (χ1) is 12.1. The molecule has 2 saturated heterocycles. The van der Waals surface area contributed by atoms with E-state index in [1.54, 1.807) is 13.0 Å². The molecule has 0 spiro atoms. The third kappa shape index (κ3) is 2.94. The van der Waals surface area contributed by atoms with Crippen LogP contribution < -0.4 is 10.2 Å². The second-order valence-corrected chi connectivity index (χ2v) is 6.58. The molecule has 1 aromatic carbocycles. The summed E-state index contributed by atoms with van der Waals surface area (Å²) in [5.74, 6) is -2.01. The minimum Gasteiger partial charge on any atom is -0.343 e. The summed E-state index contributed by atoms with van der Waals surface area (Å²) in [6.07, 6.45) is -4.70. The summed E-state index contributed by atoms with van der Waals surface area (Å²) in [6, 6.07) is 3.34. The molecule has 2 heterocycles. The van der Waals surface area contributed by atoms with Crippen molar-refractivity contribution in [2.75, 3.05) is 18.0 Å². The second-order valence-electron chi connectivity index (χ2n) is 6.20. The monoisotopic (exact) mass is 386 g/mol. The van der Waals surface area contributed by atoms with E-state index in [-0.39, 0.29) is 36.1 Å². The Morgan fingerprint density at radius 1 is 1.42 bits per heavy atom. The molecule has 26 heavy (non-hydrogen) atoms. The number of carbonyl (C=O) groups excluding carboxylic acids is 2. The summed E-state index contributed by atoms with van der Waals surface area (Å²) in [4.78, 5) is 26.7. The molecule has 1 aromatic rings. The van der Waals surface area contributed by atoms with E-state index in [1.807, 2.05) is 11.4 Å². The maximum atomic E-state index is 12.6. The number of halogens is 4. The second kappa shape index (κ2) is 6.36. The highest BCUT2D eigenvalue weighted by atomic mass is 35.5. The van der Waals surface area contributed by atoms with Crippen molar-refractivity contribution in [1.29, 1.82) is 5.26 Å². The zero-order valence-corrected chi connectivity index (χ0v) is 14.4. The van der Waals surface area contributed by atoms with Crippen molar-refractivity contribution in [2.45, 2.75) is 31.6 Å². The van der Waals surface area contributed by atoms with Crippen molar-refractivity contribution in [2.24, 2.45) is 0 Å². The molecule has 2 aliphatic rings. The lowest BCUT2D eigenvalue weighted by Gasteiger charge is -2.22. The van der Waals surface area contributed by atoms with Crippen LogP contribution in [0.3, 0.4) is 0 Å². The molecule has 0 aromatic heterocycles. The van der Waals surface area contributed by atoms with Gasteiger partial charge in [0.1, 0.15) is 6.07 Å². The Morgan fingerprint density at radius 2 is 2.12 bits per heavy atom. The molecule has 0 bridgehead atoms. The van der Waals surface area contributed by atoms with Gasteiger partial charge in [0.15, 0.2) is 0 Å². The number of nitrogens with one attached hydrogen (secondary N) is 1. The highest BCUT2D eigenvalue weighted by Gasteiger charge is 2.49. The van der Waals surface area contributed by atoms with Crippen LogP contribution in [-0.4, -0.2) is 48.2 Å². The highest BCUT2D eigenvalue weighted by molar-refractivity contribution is 6.33. The number of carbonyl (C=O) groups is 2. The number of hydrogen-bond acceptors (Lipinski definition) is 3. The first-order valence-corrected chi connectivity index (χ1v) is 8.18. The number of benzene rings is 1. The van der Waals surface area contributed by atoms with E-state index in [0.717, 1.165) is 0 Å². The number of urea groups is 1. The van der Waals surface area contributed by atoms with Gasteiger partial charge in [-0.25, -0.2) is 4.79 Å². The maximum absolute atomic E-state index is 12.6. The summed E-state index contributed by atoms with van der Waals surface area (Å²) in [5, 5.41) is 11.2. The van der Waals surface area contributed by atoms with E-state index >= 15 is 0 Å². The summed E-state index contributed by atoms with van der Waals surface area (Å²) < 4.78 is 37.5. The SMILES string of the molecule is Cc1c(N2CC3[C@H](NC(=O)C(F)(F)F)CCN3C2=O)ccc(C#N)c1Cl. The van der Waals surface area contributed by atoms with Crippen molar-refractivity contribution in [1.82, 2.24) is 10.2 Å². The number of fused-ring (bicyclic) bond motifs is 1. The predicted octanol–water partition coefficient (Wildman–Crippen LogP) is 2.58. The van der Waals surface area contributed by atoms with E-state index in [4.69, 9.17) is 16.9 Å². The minimum absolute atomic E-state index is 0.130. The van der Waals surface area contributed by atoms with Crippen molar-refractivity contribution in [3.63, 3.8) is 0 Å². The molecule has 3 amide bonds. The van der Waals surface area contributed by atoms with Gasteiger partial charge in [-0.1, -0.05) is 11.6 Å². The molecule has 2 aliphatic heterocycles. The maximum Gasteiger partial charge on any atom is 0.471 e. The van der Waals surface area contributed by atoms with E-state index < -0.39 is 24.2 Å². The van der Waals surface area contributed by atoms with Gasteiger partial charge in [-0.2, -0.15) is 18.4 Å². The van der Waals surface area contributed by atoms with Crippen molar-refractivity contribution < 1.29 is 22.8 Å². The quantitative estimate of drug-likeness (QED) is 0.848. The molecule has 1 unspecified atom stereocenters. The predicted molar refractivity (Wildman–Crippen MR) is 86.7 cm³/mol. The fourth-order valence-electron chi connectivity index (χ4n) is 3.41. The molecule has 1 N–H and O–H groups in total. The van der Waals surface area contributed by atoms with E-state index in [9.17, 15) is 22.8 Å². The van der Waals surface area contributed by atoms with Crippen LogP contribution in [0.25, 0.3) is 0 Å². The molecule has 138 valence electrons. The number of nitriles is 1. The number of anilines is 1. The van der Waals surface area contributed by atoms with Gasteiger partial charge in [-0.15, -0.1) is 0 Å². The Hall–Kier alpha value is -2.47. The number of alkyl halides is 3. The van der Waals surface area contributed by atoms with Crippen LogP contribution in [0, 0.1) is 18.3 Å². The van der Waals surface area contributed by atoms with Gasteiger partial charge >= 0.3 is 18.1 Å². The van der Waals surface area contributed by atoms with E-state index in [2.05, 4.69) is 0 Å². The third-order valence-corrected chi connectivity index (χ3v) is 5.22. The van der Waals surface area contributed by atoms with Gasteiger partial charge in [0.2, 0.25) is 0 Å². The average molecular weight is 387 g/mol. The lowest BCUT2D eigenvalue weighted by atomic mass is 10.1. The topological polar surface area (TPSA) is 76.4 Å². The number of hydrogen-bond donors (Lipinski definition) is 1. The van der Waals surface area contributed by atoms with Crippen LogP contribution in [0.4, 0.5) is 23.7 Å². The fraction of sp³-hybridized carbons (Fsp3) is 0.438. The van der Waals surface area contributed by atoms with Gasteiger partial charge in [0.05, 0.1) is 29.2 Å². The van der Waals surface area contributed by atoms with Crippen LogP contribution in [0.5, 0.6) is 0 Å². The first-order valence-electron chi connectivity index (χ1n) is 7.80. The number of rotatable bonds is 2. The Bertz CT molecular complexity index is 821. The molecule has 0 radical (unpaired) electrons. The van der Waals surface area contributed by atoms with Gasteiger partial charge in [-0.05, 0) is 31.0 Å². The lowest BCUT2D eigenvalue weighted by molar-refractivity contribution is -0.174. The van der Waals surface area contributed by atoms with Crippen LogP contribution in [0.1, 0.15) is 17.5 Å². The molecular formula is C16H14ClF3N4O2. The van der Waals surface area contributed by atoms with Gasteiger partial charge in [0.25, 0.3) is 0 Å². The zero-order chi connectivity index (χ0) is 19.2. The molecular weight excluding hydrogens is 373 g/mol. The zero-order valence-electron chi connectivity index (χ0n) is 13.6. The van der Waals surface area contributed by atoms with Gasteiger partial charge in [-0.3, -0.25) is 9.69 Å². The van der Waals surface area contributed by atoms with Crippen LogP contribution >= 0.6 is 11.6 Å². The Kier molecular flexibility index (Phi) is 4.48. The minimum atomic E-state index is -4.97. The largest absolute Gasteiger partial charge is 0.471 e. The first kappa shape index (κ1) is 18.3. The average Bonchev–Trinajstić information content (AvgIpc) is 3.10. The lowest BCUT2D eigenvalue weighted by Crippen LogP contribution is -2.48. The Morgan fingerprint density at radius 3 is 2.73 bits per heavy atom. The van der Waals surface area contributed by atoms with Gasteiger partial charge in [0, 0.05) is 12.2 Å². The summed E-state index contributed by atoms with van der Waals surface area (Å²) >= 11 is 6.14. The normalized spacial score (nSPS) is 22.4. The molecule has 0 saturated carbocycles. The standard InChI is InChI=1S/C16H14ClF3N4O2/c1-8-11(3-2-9(6-21)13(8)17)24-7-12-10(4-5-23(12)15(24)26)22-14(25)16(18,19)20/h2-3,10,12H,4-5,7H2,1H3,(H,22,25)/t10-,12?/m1/s1. The Balaban J connectivity index is 1.83. The van der Waals surface area contributed by atoms with Crippen molar-refractivity contribution in [3.05, 3.63) is 28.3 Å². The molecule has 0 aliphatic carbocycles. The van der Waals surface area contributed by atoms with Gasteiger partial charge < -0.3 is 10.2 Å². The molecule has 6 nitrogen and oxygen atoms in total. The number of amides is 3. The van der Waals surface area contributed by atoms with Crippen molar-refractivity contribution >= 4 is 29.2 Å².